The van der Waals surface area contributed by atoms with Gasteiger partial charge in [-0.15, -0.1) is 0 Å². The van der Waals surface area contributed by atoms with Crippen molar-refractivity contribution in [1.29, 1.82) is 0 Å². The van der Waals surface area contributed by atoms with Crippen molar-refractivity contribution < 1.29 is 4.79 Å². The van der Waals surface area contributed by atoms with Crippen LogP contribution in [0.4, 0.5) is 11.6 Å². The van der Waals surface area contributed by atoms with Crippen molar-refractivity contribution in [3.8, 4) is 11.3 Å². The van der Waals surface area contributed by atoms with Crippen molar-refractivity contribution in [2.24, 2.45) is 0 Å². The molecule has 9 nitrogen and oxygen atoms in total. The standard InChI is InChI=1S/C19H18N8O/c20-17-10-21-16(9-22-17)15-8-23-27(12-15)13-19(28)24-18-6-7-26(25-18)11-14-4-2-1-3-5-14/h1-10,12H,11,13H2,(H2,20,22)(H,24,25,28). The van der Waals surface area contributed by atoms with E-state index in [1.165, 1.54) is 10.9 Å². The van der Waals surface area contributed by atoms with E-state index in [1.54, 1.807) is 29.3 Å². The van der Waals surface area contributed by atoms with E-state index in [0.717, 1.165) is 11.1 Å². The Morgan fingerprint density at radius 2 is 1.89 bits per heavy atom. The molecule has 1 aromatic carbocycles. The summed E-state index contributed by atoms with van der Waals surface area (Å²) in [7, 11) is 0. The minimum absolute atomic E-state index is 0.0634. The molecule has 0 aliphatic carbocycles. The molecule has 3 aromatic heterocycles. The van der Waals surface area contributed by atoms with Crippen LogP contribution in [0.15, 0.2) is 67.4 Å². The number of anilines is 2. The van der Waals surface area contributed by atoms with Gasteiger partial charge in [-0.2, -0.15) is 10.2 Å². The molecule has 0 saturated heterocycles. The molecule has 28 heavy (non-hydrogen) atoms. The minimum atomic E-state index is -0.219. The highest BCUT2D eigenvalue weighted by Crippen LogP contribution is 2.15. The number of nitrogen functional groups attached to an aromatic ring is 1. The zero-order valence-corrected chi connectivity index (χ0v) is 14.9. The van der Waals surface area contributed by atoms with Gasteiger partial charge in [-0.3, -0.25) is 19.1 Å². The van der Waals surface area contributed by atoms with E-state index in [2.05, 4.69) is 25.5 Å². The molecule has 0 spiro atoms. The Hall–Kier alpha value is -4.01. The van der Waals surface area contributed by atoms with Crippen molar-refractivity contribution in [3.63, 3.8) is 0 Å². The topological polar surface area (TPSA) is 117 Å². The van der Waals surface area contributed by atoms with Crippen LogP contribution in [0.1, 0.15) is 5.56 Å². The van der Waals surface area contributed by atoms with Gasteiger partial charge in [0.05, 0.1) is 30.8 Å². The number of aromatic nitrogens is 6. The number of hydrogen-bond acceptors (Lipinski definition) is 6. The molecule has 9 heteroatoms. The van der Waals surface area contributed by atoms with E-state index < -0.39 is 0 Å². The third-order valence-corrected chi connectivity index (χ3v) is 4.00. The number of nitrogens with two attached hydrogens (primary N) is 1. The summed E-state index contributed by atoms with van der Waals surface area (Å²) in [6.45, 7) is 0.704. The molecular formula is C19H18N8O. The minimum Gasteiger partial charge on any atom is -0.382 e. The number of rotatable bonds is 6. The molecule has 140 valence electrons. The van der Waals surface area contributed by atoms with E-state index in [1.807, 2.05) is 36.5 Å². The maximum absolute atomic E-state index is 12.3. The van der Waals surface area contributed by atoms with Gasteiger partial charge < -0.3 is 11.1 Å². The fourth-order valence-corrected chi connectivity index (χ4v) is 2.69. The third-order valence-electron chi connectivity index (χ3n) is 4.00. The summed E-state index contributed by atoms with van der Waals surface area (Å²) in [4.78, 5) is 20.5. The van der Waals surface area contributed by atoms with Crippen LogP contribution < -0.4 is 11.1 Å². The highest BCUT2D eigenvalue weighted by Gasteiger charge is 2.09. The van der Waals surface area contributed by atoms with Crippen LogP contribution in [-0.4, -0.2) is 35.4 Å². The van der Waals surface area contributed by atoms with Crippen LogP contribution in [0.2, 0.25) is 0 Å². The first kappa shape index (κ1) is 17.4. The summed E-state index contributed by atoms with van der Waals surface area (Å²) in [5.41, 5.74) is 8.07. The van der Waals surface area contributed by atoms with Gasteiger partial charge in [0, 0.05) is 24.0 Å². The van der Waals surface area contributed by atoms with Gasteiger partial charge in [0.1, 0.15) is 12.4 Å². The summed E-state index contributed by atoms with van der Waals surface area (Å²) in [6.07, 6.45) is 8.23. The number of hydrogen-bond donors (Lipinski definition) is 2. The number of benzene rings is 1. The van der Waals surface area contributed by atoms with Crippen LogP contribution in [0.5, 0.6) is 0 Å². The molecule has 4 aromatic rings. The summed E-state index contributed by atoms with van der Waals surface area (Å²) in [5, 5.41) is 11.3. The highest BCUT2D eigenvalue weighted by atomic mass is 16.2. The Balaban J connectivity index is 1.35. The molecule has 0 saturated carbocycles. The molecule has 1 amide bonds. The van der Waals surface area contributed by atoms with Gasteiger partial charge in [-0.1, -0.05) is 30.3 Å². The molecule has 0 radical (unpaired) electrons. The lowest BCUT2D eigenvalue weighted by atomic mass is 10.2. The van der Waals surface area contributed by atoms with Gasteiger partial charge in [0.2, 0.25) is 5.91 Å². The third kappa shape index (κ3) is 4.21. The monoisotopic (exact) mass is 374 g/mol. The fourth-order valence-electron chi connectivity index (χ4n) is 2.69. The van der Waals surface area contributed by atoms with Crippen LogP contribution in [0, 0.1) is 0 Å². The van der Waals surface area contributed by atoms with Gasteiger partial charge in [-0.25, -0.2) is 4.98 Å². The molecule has 0 atom stereocenters. The van der Waals surface area contributed by atoms with Crippen molar-refractivity contribution in [1.82, 2.24) is 29.5 Å². The van der Waals surface area contributed by atoms with Crippen molar-refractivity contribution in [2.45, 2.75) is 13.1 Å². The van der Waals surface area contributed by atoms with E-state index in [-0.39, 0.29) is 12.5 Å². The lowest BCUT2D eigenvalue weighted by molar-refractivity contribution is -0.116. The lowest BCUT2D eigenvalue weighted by Gasteiger charge is -2.03. The Labute approximate surface area is 160 Å². The maximum atomic E-state index is 12.3. The molecule has 0 aliphatic rings. The molecule has 3 heterocycles. The molecule has 4 rings (SSSR count). The molecule has 3 N–H and O–H groups in total. The van der Waals surface area contributed by atoms with Gasteiger partial charge in [0.25, 0.3) is 0 Å². The van der Waals surface area contributed by atoms with E-state index in [0.29, 0.717) is 23.9 Å². The Morgan fingerprint density at radius 3 is 2.68 bits per heavy atom. The molecule has 0 bridgehead atoms. The SMILES string of the molecule is Nc1cnc(-c2cnn(CC(=O)Nc3ccn(Cc4ccccc4)n3)c2)cn1. The van der Waals surface area contributed by atoms with Crippen molar-refractivity contribution in [2.75, 3.05) is 11.1 Å². The second-order valence-corrected chi connectivity index (χ2v) is 6.19. The van der Waals surface area contributed by atoms with Crippen LogP contribution in [0.3, 0.4) is 0 Å². The first-order valence-corrected chi connectivity index (χ1v) is 8.63. The van der Waals surface area contributed by atoms with E-state index >= 15 is 0 Å². The van der Waals surface area contributed by atoms with Gasteiger partial charge in [0.15, 0.2) is 5.82 Å². The predicted octanol–water partition coefficient (Wildman–Crippen LogP) is 1.81. The number of carbonyl (C=O) groups is 1. The Morgan fingerprint density at radius 1 is 1.04 bits per heavy atom. The summed E-state index contributed by atoms with van der Waals surface area (Å²) >= 11 is 0. The first-order chi connectivity index (χ1) is 13.7. The fraction of sp³-hybridized carbons (Fsp3) is 0.105. The first-order valence-electron chi connectivity index (χ1n) is 8.63. The molecule has 0 unspecified atom stereocenters. The average Bonchev–Trinajstić information content (AvgIpc) is 3.33. The number of nitrogens with one attached hydrogen (secondary N) is 1. The highest BCUT2D eigenvalue weighted by molar-refractivity contribution is 5.89. The summed E-state index contributed by atoms with van der Waals surface area (Å²) in [5.74, 6) is 0.628. The number of amides is 1. The smallest absolute Gasteiger partial charge is 0.247 e. The Kier molecular flexibility index (Phi) is 4.79. The second kappa shape index (κ2) is 7.70. The van der Waals surface area contributed by atoms with Crippen LogP contribution in [0.25, 0.3) is 11.3 Å². The normalized spacial score (nSPS) is 10.7. The zero-order chi connectivity index (χ0) is 19.3. The number of nitrogens with zero attached hydrogens (tertiary/aromatic N) is 6. The van der Waals surface area contributed by atoms with Crippen molar-refractivity contribution >= 4 is 17.5 Å². The molecular weight excluding hydrogens is 356 g/mol. The number of carbonyl (C=O) groups excluding carboxylic acids is 1. The Bertz CT molecular complexity index is 1070. The quantitative estimate of drug-likeness (QED) is 0.532. The van der Waals surface area contributed by atoms with E-state index in [4.69, 9.17) is 5.73 Å². The van der Waals surface area contributed by atoms with E-state index in [9.17, 15) is 4.79 Å². The zero-order valence-electron chi connectivity index (χ0n) is 14.9. The molecule has 0 aliphatic heterocycles. The lowest BCUT2D eigenvalue weighted by Crippen LogP contribution is -2.19. The van der Waals surface area contributed by atoms with Gasteiger partial charge in [-0.05, 0) is 5.56 Å². The maximum Gasteiger partial charge on any atom is 0.247 e. The average molecular weight is 374 g/mol. The van der Waals surface area contributed by atoms with Crippen LogP contribution in [-0.2, 0) is 17.9 Å². The molecule has 0 fully saturated rings. The van der Waals surface area contributed by atoms with Crippen LogP contribution >= 0.6 is 0 Å². The van der Waals surface area contributed by atoms with Gasteiger partial charge >= 0.3 is 0 Å². The largest absolute Gasteiger partial charge is 0.382 e. The summed E-state index contributed by atoms with van der Waals surface area (Å²) < 4.78 is 3.31. The summed E-state index contributed by atoms with van der Waals surface area (Å²) in [6, 6.07) is 11.8. The van der Waals surface area contributed by atoms with Crippen molar-refractivity contribution in [3.05, 3.63) is 72.9 Å². The second-order valence-electron chi connectivity index (χ2n) is 6.19. The predicted molar refractivity (Wildman–Crippen MR) is 104 cm³/mol.